The highest BCUT2D eigenvalue weighted by atomic mass is 35.5. The van der Waals surface area contributed by atoms with Crippen LogP contribution in [0.5, 0.6) is 0 Å². The van der Waals surface area contributed by atoms with Crippen molar-refractivity contribution in [1.29, 1.82) is 0 Å². The van der Waals surface area contributed by atoms with E-state index in [0.29, 0.717) is 31.5 Å². The number of nitrogens with one attached hydrogen (secondary N) is 1. The largest absolute Gasteiger partial charge is 0.349 e. The minimum atomic E-state index is -0.674. The van der Waals surface area contributed by atoms with Gasteiger partial charge in [0.25, 0.3) is 11.8 Å². The van der Waals surface area contributed by atoms with Crippen LogP contribution in [0.1, 0.15) is 33.6 Å². The SMILES string of the molecule is O=C(NC1CCN(C(=O)c2cc(F)c(Cl)cc2Cl)CC1)c1ccsc1. The Labute approximate surface area is 158 Å². The highest BCUT2D eigenvalue weighted by Gasteiger charge is 2.26. The van der Waals surface area contributed by atoms with Crippen LogP contribution < -0.4 is 5.32 Å². The van der Waals surface area contributed by atoms with Gasteiger partial charge in [-0.05, 0) is 36.4 Å². The van der Waals surface area contributed by atoms with Gasteiger partial charge in [0.05, 0.1) is 15.6 Å². The molecular weight excluding hydrogens is 386 g/mol. The molecule has 132 valence electrons. The lowest BCUT2D eigenvalue weighted by Crippen LogP contribution is -2.46. The molecule has 8 heteroatoms. The summed E-state index contributed by atoms with van der Waals surface area (Å²) in [6.07, 6.45) is 1.27. The van der Waals surface area contributed by atoms with Gasteiger partial charge in [-0.1, -0.05) is 23.2 Å². The molecule has 2 aromatic rings. The Kier molecular flexibility index (Phi) is 5.61. The molecule has 1 aliphatic rings. The number of amides is 2. The molecule has 3 rings (SSSR count). The molecule has 0 spiro atoms. The summed E-state index contributed by atoms with van der Waals surface area (Å²) in [5.41, 5.74) is 0.747. The average molecular weight is 401 g/mol. The van der Waals surface area contributed by atoms with Crippen LogP contribution in [0, 0.1) is 5.82 Å². The Hall–Kier alpha value is -1.63. The normalized spacial score (nSPS) is 15.2. The fourth-order valence-electron chi connectivity index (χ4n) is 2.75. The Bertz CT molecular complexity index is 790. The molecule has 1 aliphatic heterocycles. The molecule has 0 radical (unpaired) electrons. The van der Waals surface area contributed by atoms with Crippen molar-refractivity contribution in [2.45, 2.75) is 18.9 Å². The van der Waals surface area contributed by atoms with Crippen LogP contribution in [0.15, 0.2) is 29.0 Å². The first-order valence-electron chi connectivity index (χ1n) is 7.72. The van der Waals surface area contributed by atoms with Crippen molar-refractivity contribution in [3.05, 3.63) is 55.9 Å². The average Bonchev–Trinajstić information content (AvgIpc) is 3.13. The smallest absolute Gasteiger partial charge is 0.255 e. The van der Waals surface area contributed by atoms with Crippen LogP contribution in [0.3, 0.4) is 0 Å². The third-order valence-corrected chi connectivity index (χ3v) is 5.43. The Morgan fingerprint density at radius 3 is 2.56 bits per heavy atom. The monoisotopic (exact) mass is 400 g/mol. The molecule has 1 aromatic carbocycles. The van der Waals surface area contributed by atoms with Gasteiger partial charge in [0.1, 0.15) is 5.82 Å². The Morgan fingerprint density at radius 1 is 1.20 bits per heavy atom. The maximum Gasteiger partial charge on any atom is 0.255 e. The predicted molar refractivity (Wildman–Crippen MR) is 97.1 cm³/mol. The zero-order valence-electron chi connectivity index (χ0n) is 13.1. The molecule has 2 heterocycles. The van der Waals surface area contributed by atoms with E-state index in [9.17, 15) is 14.0 Å². The highest BCUT2D eigenvalue weighted by Crippen LogP contribution is 2.26. The van der Waals surface area contributed by atoms with Crippen LogP contribution in [-0.4, -0.2) is 35.8 Å². The van der Waals surface area contributed by atoms with Crippen LogP contribution in [0.2, 0.25) is 10.0 Å². The molecule has 25 heavy (non-hydrogen) atoms. The molecule has 0 saturated carbocycles. The van der Waals surface area contributed by atoms with E-state index < -0.39 is 5.82 Å². The third-order valence-electron chi connectivity index (χ3n) is 4.14. The summed E-state index contributed by atoms with van der Waals surface area (Å²) in [6, 6.07) is 4.08. The summed E-state index contributed by atoms with van der Waals surface area (Å²) in [7, 11) is 0. The van der Waals surface area contributed by atoms with Gasteiger partial charge in [0.15, 0.2) is 0 Å². The number of likely N-dealkylation sites (tertiary alicyclic amines) is 1. The van der Waals surface area contributed by atoms with E-state index in [1.165, 1.54) is 17.4 Å². The second-order valence-corrected chi connectivity index (χ2v) is 7.39. The lowest BCUT2D eigenvalue weighted by Gasteiger charge is -2.32. The number of carbonyl (C=O) groups excluding carboxylic acids is 2. The second-order valence-electron chi connectivity index (χ2n) is 5.80. The summed E-state index contributed by atoms with van der Waals surface area (Å²) >= 11 is 13.1. The van der Waals surface area contributed by atoms with Gasteiger partial charge in [-0.15, -0.1) is 0 Å². The number of nitrogens with zero attached hydrogens (tertiary/aromatic N) is 1. The number of hydrogen-bond acceptors (Lipinski definition) is 3. The summed E-state index contributed by atoms with van der Waals surface area (Å²) in [6.45, 7) is 0.933. The Morgan fingerprint density at radius 2 is 1.92 bits per heavy atom. The second kappa shape index (κ2) is 7.72. The number of halogens is 3. The van der Waals surface area contributed by atoms with E-state index in [4.69, 9.17) is 23.2 Å². The van der Waals surface area contributed by atoms with Gasteiger partial charge < -0.3 is 10.2 Å². The van der Waals surface area contributed by atoms with Crippen LogP contribution >= 0.6 is 34.5 Å². The standard InChI is InChI=1S/C17H15Cl2FN2O2S/c18-13-8-14(19)15(20)7-12(13)17(24)22-4-1-11(2-5-22)21-16(23)10-3-6-25-9-10/h3,6-9,11H,1-2,4-5H2,(H,21,23). The van der Waals surface area contributed by atoms with Crippen molar-refractivity contribution >= 4 is 46.4 Å². The highest BCUT2D eigenvalue weighted by molar-refractivity contribution is 7.08. The molecule has 0 bridgehead atoms. The van der Waals surface area contributed by atoms with E-state index in [2.05, 4.69) is 5.32 Å². The van der Waals surface area contributed by atoms with Crippen molar-refractivity contribution in [3.8, 4) is 0 Å². The van der Waals surface area contributed by atoms with Gasteiger partial charge in [0.2, 0.25) is 0 Å². The number of piperidine rings is 1. The van der Waals surface area contributed by atoms with Crippen molar-refractivity contribution in [3.63, 3.8) is 0 Å². The van der Waals surface area contributed by atoms with Crippen LogP contribution in [0.4, 0.5) is 4.39 Å². The fourth-order valence-corrected chi connectivity index (χ4v) is 3.85. The van der Waals surface area contributed by atoms with E-state index >= 15 is 0 Å². The lowest BCUT2D eigenvalue weighted by atomic mass is 10.0. The Balaban J connectivity index is 1.59. The van der Waals surface area contributed by atoms with Crippen molar-refractivity contribution in [1.82, 2.24) is 10.2 Å². The number of benzene rings is 1. The van der Waals surface area contributed by atoms with Crippen molar-refractivity contribution in [2.24, 2.45) is 0 Å². The van der Waals surface area contributed by atoms with Gasteiger partial charge in [-0.25, -0.2) is 4.39 Å². The lowest BCUT2D eigenvalue weighted by molar-refractivity contribution is 0.0698. The van der Waals surface area contributed by atoms with Gasteiger partial charge >= 0.3 is 0 Å². The van der Waals surface area contributed by atoms with Gasteiger partial charge in [-0.3, -0.25) is 9.59 Å². The first-order chi connectivity index (χ1) is 12.0. The fraction of sp³-hybridized carbons (Fsp3) is 0.294. The number of hydrogen-bond donors (Lipinski definition) is 1. The quantitative estimate of drug-likeness (QED) is 0.783. The van der Waals surface area contributed by atoms with Crippen molar-refractivity contribution < 1.29 is 14.0 Å². The molecule has 4 nitrogen and oxygen atoms in total. The van der Waals surface area contributed by atoms with E-state index in [1.54, 1.807) is 16.3 Å². The number of carbonyl (C=O) groups is 2. The maximum atomic E-state index is 13.6. The number of thiophene rings is 1. The molecule has 0 unspecified atom stereocenters. The van der Waals surface area contributed by atoms with E-state index in [1.807, 2.05) is 5.38 Å². The summed E-state index contributed by atoms with van der Waals surface area (Å²) in [4.78, 5) is 26.2. The minimum Gasteiger partial charge on any atom is -0.349 e. The third kappa shape index (κ3) is 4.14. The summed E-state index contributed by atoms with van der Waals surface area (Å²) in [5.74, 6) is -1.11. The van der Waals surface area contributed by atoms with Crippen LogP contribution in [0.25, 0.3) is 0 Å². The molecule has 2 amide bonds. The summed E-state index contributed by atoms with van der Waals surface area (Å²) in [5, 5.41) is 6.64. The number of rotatable bonds is 3. The molecule has 1 saturated heterocycles. The molecule has 1 N–H and O–H groups in total. The predicted octanol–water partition coefficient (Wildman–Crippen LogP) is 4.23. The topological polar surface area (TPSA) is 49.4 Å². The van der Waals surface area contributed by atoms with Gasteiger partial charge in [0, 0.05) is 30.1 Å². The van der Waals surface area contributed by atoms with E-state index in [0.717, 1.165) is 6.07 Å². The molecule has 1 aromatic heterocycles. The molecule has 0 aliphatic carbocycles. The van der Waals surface area contributed by atoms with Gasteiger partial charge in [-0.2, -0.15) is 11.3 Å². The van der Waals surface area contributed by atoms with Crippen LogP contribution in [-0.2, 0) is 0 Å². The van der Waals surface area contributed by atoms with Crippen molar-refractivity contribution in [2.75, 3.05) is 13.1 Å². The zero-order chi connectivity index (χ0) is 18.0. The molecule has 0 atom stereocenters. The first kappa shape index (κ1) is 18.2. The summed E-state index contributed by atoms with van der Waals surface area (Å²) < 4.78 is 13.6. The molecule has 1 fully saturated rings. The van der Waals surface area contributed by atoms with E-state index in [-0.39, 0.29) is 33.5 Å². The molecular formula is C17H15Cl2FN2O2S. The first-order valence-corrected chi connectivity index (χ1v) is 9.42. The maximum absolute atomic E-state index is 13.6. The minimum absolute atomic E-state index is 0.00822. The zero-order valence-corrected chi connectivity index (χ0v) is 15.4.